The van der Waals surface area contributed by atoms with Gasteiger partial charge in [-0.3, -0.25) is 9.59 Å². The van der Waals surface area contributed by atoms with Crippen LogP contribution in [-0.2, 0) is 14.3 Å². The molecule has 4 nitrogen and oxygen atoms in total. The minimum absolute atomic E-state index is 0.109. The third-order valence-corrected chi connectivity index (χ3v) is 2.34. The van der Waals surface area contributed by atoms with Crippen molar-refractivity contribution in [2.75, 3.05) is 0 Å². The number of ether oxygens (including phenoxy) is 1. The Morgan fingerprint density at radius 3 is 2.00 bits per heavy atom. The van der Waals surface area contributed by atoms with Crippen LogP contribution in [0.1, 0.15) is 60.8 Å². The fourth-order valence-corrected chi connectivity index (χ4v) is 1.14. The highest BCUT2D eigenvalue weighted by atomic mass is 16.6. The van der Waals surface area contributed by atoms with Crippen molar-refractivity contribution in [3.8, 4) is 0 Å². The smallest absolute Gasteiger partial charge is 0.306 e. The zero-order chi connectivity index (χ0) is 13.7. The third kappa shape index (κ3) is 8.72. The summed E-state index contributed by atoms with van der Waals surface area (Å²) in [5.41, 5.74) is -0.707. The van der Waals surface area contributed by atoms with Gasteiger partial charge >= 0.3 is 5.97 Å². The monoisotopic (exact) mass is 243 g/mol. The van der Waals surface area contributed by atoms with Crippen molar-refractivity contribution in [3.05, 3.63) is 0 Å². The second kappa shape index (κ2) is 6.03. The van der Waals surface area contributed by atoms with Gasteiger partial charge in [-0.15, -0.1) is 0 Å². The molecule has 100 valence electrons. The highest BCUT2D eigenvalue weighted by Gasteiger charge is 2.20. The average molecular weight is 243 g/mol. The number of amides is 1. The lowest BCUT2D eigenvalue weighted by atomic mass is 10.0. The van der Waals surface area contributed by atoms with Crippen molar-refractivity contribution in [3.63, 3.8) is 0 Å². The Hall–Kier alpha value is -1.06. The summed E-state index contributed by atoms with van der Waals surface area (Å²) in [4.78, 5) is 23.0. The zero-order valence-electron chi connectivity index (χ0n) is 11.8. The van der Waals surface area contributed by atoms with Gasteiger partial charge in [-0.25, -0.2) is 0 Å². The Kier molecular flexibility index (Phi) is 5.66. The molecule has 0 aliphatic rings. The lowest BCUT2D eigenvalue weighted by Gasteiger charge is -2.24. The van der Waals surface area contributed by atoms with Crippen molar-refractivity contribution >= 4 is 11.9 Å². The van der Waals surface area contributed by atoms with Gasteiger partial charge in [0.2, 0.25) is 5.91 Å². The van der Waals surface area contributed by atoms with E-state index in [2.05, 4.69) is 5.32 Å². The molecule has 0 aromatic heterocycles. The van der Waals surface area contributed by atoms with Gasteiger partial charge in [-0.2, -0.15) is 0 Å². The molecule has 0 aliphatic carbocycles. The molecule has 17 heavy (non-hydrogen) atoms. The van der Waals surface area contributed by atoms with E-state index in [1.807, 2.05) is 41.5 Å². The maximum Gasteiger partial charge on any atom is 0.306 e. The largest absolute Gasteiger partial charge is 0.460 e. The first-order chi connectivity index (χ1) is 7.56. The Morgan fingerprint density at radius 2 is 1.59 bits per heavy atom. The van der Waals surface area contributed by atoms with E-state index in [4.69, 9.17) is 4.74 Å². The van der Waals surface area contributed by atoms with Crippen molar-refractivity contribution in [1.82, 2.24) is 5.32 Å². The second-order valence-electron chi connectivity index (χ2n) is 5.87. The molecule has 0 saturated carbocycles. The molecule has 0 heterocycles. The SMILES string of the molecule is CCC(C)(C)NC(=O)CCC(=O)OC(C)(C)C. The molecule has 1 N–H and O–H groups in total. The number of nitrogens with one attached hydrogen (secondary N) is 1. The molecule has 4 heteroatoms. The Labute approximate surface area is 104 Å². The number of rotatable bonds is 5. The molecule has 0 saturated heterocycles. The molecule has 0 spiro atoms. The molecule has 0 fully saturated rings. The van der Waals surface area contributed by atoms with Crippen LogP contribution in [0, 0.1) is 0 Å². The quantitative estimate of drug-likeness (QED) is 0.754. The van der Waals surface area contributed by atoms with Crippen LogP contribution < -0.4 is 5.32 Å². The van der Waals surface area contributed by atoms with Crippen LogP contribution in [0.4, 0.5) is 0 Å². The minimum atomic E-state index is -0.490. The number of esters is 1. The van der Waals surface area contributed by atoms with Gasteiger partial charge in [0.15, 0.2) is 0 Å². The van der Waals surface area contributed by atoms with Crippen molar-refractivity contribution in [2.45, 2.75) is 71.9 Å². The first-order valence-corrected chi connectivity index (χ1v) is 6.08. The van der Waals surface area contributed by atoms with Crippen molar-refractivity contribution < 1.29 is 14.3 Å². The van der Waals surface area contributed by atoms with E-state index in [1.54, 1.807) is 0 Å². The van der Waals surface area contributed by atoms with Crippen LogP contribution in [0.3, 0.4) is 0 Å². The molecule has 0 radical (unpaired) electrons. The maximum atomic E-state index is 11.6. The predicted molar refractivity (Wildman–Crippen MR) is 67.6 cm³/mol. The summed E-state index contributed by atoms with van der Waals surface area (Å²) >= 11 is 0. The summed E-state index contributed by atoms with van der Waals surface area (Å²) in [7, 11) is 0. The van der Waals surface area contributed by atoms with E-state index in [0.29, 0.717) is 0 Å². The topological polar surface area (TPSA) is 55.4 Å². The molecule has 0 atom stereocenters. The first kappa shape index (κ1) is 15.9. The third-order valence-electron chi connectivity index (χ3n) is 2.34. The normalized spacial score (nSPS) is 12.1. The van der Waals surface area contributed by atoms with Gasteiger partial charge in [-0.05, 0) is 41.0 Å². The van der Waals surface area contributed by atoms with E-state index in [9.17, 15) is 9.59 Å². The highest BCUT2D eigenvalue weighted by Crippen LogP contribution is 2.10. The van der Waals surface area contributed by atoms with Gasteiger partial charge in [0.25, 0.3) is 0 Å². The van der Waals surface area contributed by atoms with Crippen molar-refractivity contribution in [2.24, 2.45) is 0 Å². The number of carbonyl (C=O) groups is 2. The molecule has 0 rings (SSSR count). The Balaban J connectivity index is 3.97. The molecule has 0 bridgehead atoms. The maximum absolute atomic E-state index is 11.6. The number of hydrogen-bond acceptors (Lipinski definition) is 3. The second-order valence-corrected chi connectivity index (χ2v) is 5.87. The summed E-state index contributed by atoms with van der Waals surface area (Å²) in [5, 5.41) is 2.88. The van der Waals surface area contributed by atoms with E-state index in [-0.39, 0.29) is 30.3 Å². The minimum Gasteiger partial charge on any atom is -0.460 e. The van der Waals surface area contributed by atoms with E-state index < -0.39 is 5.60 Å². The highest BCUT2D eigenvalue weighted by molar-refractivity contribution is 5.81. The van der Waals surface area contributed by atoms with Crippen LogP contribution >= 0.6 is 0 Å². The Bertz CT molecular complexity index is 277. The van der Waals surface area contributed by atoms with Gasteiger partial charge in [-0.1, -0.05) is 6.92 Å². The zero-order valence-corrected chi connectivity index (χ0v) is 11.8. The van der Waals surface area contributed by atoms with Gasteiger partial charge < -0.3 is 10.1 Å². The van der Waals surface area contributed by atoms with Crippen LogP contribution in [0.2, 0.25) is 0 Å². The number of carbonyl (C=O) groups excluding carboxylic acids is 2. The lowest BCUT2D eigenvalue weighted by Crippen LogP contribution is -2.42. The standard InChI is InChI=1S/C13H25NO3/c1-7-13(5,6)14-10(15)8-9-11(16)17-12(2,3)4/h7-9H2,1-6H3,(H,14,15). The molecule has 0 aromatic carbocycles. The fraction of sp³-hybridized carbons (Fsp3) is 0.846. The molecular weight excluding hydrogens is 218 g/mol. The van der Waals surface area contributed by atoms with Gasteiger partial charge in [0.1, 0.15) is 5.60 Å². The summed E-state index contributed by atoms with van der Waals surface area (Å²) < 4.78 is 5.13. The summed E-state index contributed by atoms with van der Waals surface area (Å²) in [6.07, 6.45) is 1.16. The van der Waals surface area contributed by atoms with Crippen molar-refractivity contribution in [1.29, 1.82) is 0 Å². The summed E-state index contributed by atoms with van der Waals surface area (Å²) in [6, 6.07) is 0. The molecule has 0 unspecified atom stereocenters. The molecule has 0 aliphatic heterocycles. The average Bonchev–Trinajstić information content (AvgIpc) is 2.11. The molecule has 1 amide bonds. The van der Waals surface area contributed by atoms with E-state index >= 15 is 0 Å². The number of hydrogen-bond donors (Lipinski definition) is 1. The van der Waals surface area contributed by atoms with Crippen LogP contribution in [0.5, 0.6) is 0 Å². The van der Waals surface area contributed by atoms with Gasteiger partial charge in [0.05, 0.1) is 6.42 Å². The fourth-order valence-electron chi connectivity index (χ4n) is 1.14. The summed E-state index contributed by atoms with van der Waals surface area (Å²) in [6.45, 7) is 11.4. The molecular formula is C13H25NO3. The lowest BCUT2D eigenvalue weighted by molar-refractivity contribution is -0.155. The van der Waals surface area contributed by atoms with E-state index in [1.165, 1.54) is 0 Å². The predicted octanol–water partition coefficient (Wildman–Crippen LogP) is 2.41. The van der Waals surface area contributed by atoms with Crippen LogP contribution in [0.25, 0.3) is 0 Å². The van der Waals surface area contributed by atoms with E-state index in [0.717, 1.165) is 6.42 Å². The summed E-state index contributed by atoms with van der Waals surface area (Å²) in [5.74, 6) is -0.440. The van der Waals surface area contributed by atoms with Crippen LogP contribution in [0.15, 0.2) is 0 Å². The first-order valence-electron chi connectivity index (χ1n) is 6.08. The van der Waals surface area contributed by atoms with Gasteiger partial charge in [0, 0.05) is 12.0 Å². The van der Waals surface area contributed by atoms with Crippen LogP contribution in [-0.4, -0.2) is 23.0 Å². The Morgan fingerprint density at radius 1 is 1.06 bits per heavy atom. The molecule has 0 aromatic rings.